The number of unbranched alkanes of at least 4 members (excludes halogenated alkanes) is 17. The number of esters is 2. The molecule has 0 aliphatic rings. The second kappa shape index (κ2) is 60.8. The minimum Gasteiger partial charge on any atom is -0.462 e. The first-order valence-electron chi connectivity index (χ1n) is 29.0. The van der Waals surface area contributed by atoms with Crippen LogP contribution < -0.4 is 0 Å². The van der Waals surface area contributed by atoms with Gasteiger partial charge in [0.05, 0.1) is 6.61 Å². The first-order chi connectivity index (χ1) is 35.6. The molecule has 0 aromatic heterocycles. The number of hydrogen-bond donors (Lipinski definition) is 1. The fraction of sp³-hybridized carbons (Fsp3) is 0.582. The molecule has 72 heavy (non-hydrogen) atoms. The molecule has 1 atom stereocenters. The van der Waals surface area contributed by atoms with Crippen molar-refractivity contribution in [1.29, 1.82) is 0 Å². The van der Waals surface area contributed by atoms with Gasteiger partial charge in [-0.25, -0.2) is 0 Å². The molecular formula is C67H106O5. The van der Waals surface area contributed by atoms with Crippen molar-refractivity contribution in [2.24, 2.45) is 0 Å². The monoisotopic (exact) mass is 991 g/mol. The van der Waals surface area contributed by atoms with E-state index in [1.165, 1.54) is 89.9 Å². The predicted molar refractivity (Wildman–Crippen MR) is 315 cm³/mol. The summed E-state index contributed by atoms with van der Waals surface area (Å²) in [6.45, 7) is 3.98. The van der Waals surface area contributed by atoms with E-state index in [0.717, 1.165) is 109 Å². The highest BCUT2D eigenvalue weighted by atomic mass is 16.6. The summed E-state index contributed by atoms with van der Waals surface area (Å²) in [6, 6.07) is 0. The number of carbonyl (C=O) groups excluding carboxylic acids is 2. The van der Waals surface area contributed by atoms with Gasteiger partial charge in [-0.05, 0) is 128 Å². The summed E-state index contributed by atoms with van der Waals surface area (Å²) in [7, 11) is 0. The highest BCUT2D eigenvalue weighted by Crippen LogP contribution is 2.13. The minimum absolute atomic E-state index is 0.0936. The molecule has 0 aliphatic carbocycles. The second-order valence-electron chi connectivity index (χ2n) is 18.6. The number of carbonyl (C=O) groups is 2. The maximum atomic E-state index is 12.3. The van der Waals surface area contributed by atoms with E-state index in [1.54, 1.807) is 0 Å². The van der Waals surface area contributed by atoms with Crippen molar-refractivity contribution in [3.05, 3.63) is 158 Å². The molecule has 5 heteroatoms. The summed E-state index contributed by atoms with van der Waals surface area (Å²) in [4.78, 5) is 24.5. The van der Waals surface area contributed by atoms with E-state index in [4.69, 9.17) is 9.47 Å². The van der Waals surface area contributed by atoms with E-state index in [1.807, 2.05) is 0 Å². The fourth-order valence-electron chi connectivity index (χ4n) is 7.47. The Hall–Kier alpha value is -4.48. The number of aliphatic hydroxyl groups excluding tert-OH is 1. The molecule has 0 aliphatic heterocycles. The van der Waals surface area contributed by atoms with Gasteiger partial charge < -0.3 is 14.6 Å². The topological polar surface area (TPSA) is 72.8 Å². The van der Waals surface area contributed by atoms with E-state index in [2.05, 4.69) is 172 Å². The maximum Gasteiger partial charge on any atom is 0.306 e. The number of allylic oxidation sites excluding steroid dienone is 26. The van der Waals surface area contributed by atoms with Crippen molar-refractivity contribution < 1.29 is 24.2 Å². The second-order valence-corrected chi connectivity index (χ2v) is 18.6. The normalized spacial score (nSPS) is 13.4. The third kappa shape index (κ3) is 58.1. The van der Waals surface area contributed by atoms with Gasteiger partial charge in [-0.3, -0.25) is 9.59 Å². The van der Waals surface area contributed by atoms with Gasteiger partial charge in [0.1, 0.15) is 6.61 Å². The zero-order valence-electron chi connectivity index (χ0n) is 46.1. The average molecular weight is 992 g/mol. The van der Waals surface area contributed by atoms with Crippen LogP contribution in [-0.2, 0) is 19.1 Å². The van der Waals surface area contributed by atoms with Crippen molar-refractivity contribution in [2.45, 2.75) is 238 Å². The number of aliphatic hydroxyl groups is 1. The molecule has 0 spiro atoms. The van der Waals surface area contributed by atoms with Crippen molar-refractivity contribution in [3.8, 4) is 0 Å². The van der Waals surface area contributed by atoms with Crippen molar-refractivity contribution in [2.75, 3.05) is 13.2 Å². The van der Waals surface area contributed by atoms with Gasteiger partial charge in [-0.1, -0.05) is 249 Å². The van der Waals surface area contributed by atoms with Crippen LogP contribution in [0.15, 0.2) is 158 Å². The molecule has 0 saturated carbocycles. The summed E-state index contributed by atoms with van der Waals surface area (Å²) in [5.41, 5.74) is 0. The van der Waals surface area contributed by atoms with E-state index >= 15 is 0 Å². The van der Waals surface area contributed by atoms with Gasteiger partial charge in [0.15, 0.2) is 6.10 Å². The maximum absolute atomic E-state index is 12.3. The van der Waals surface area contributed by atoms with E-state index in [0.29, 0.717) is 12.8 Å². The molecule has 0 bridgehead atoms. The quantitative estimate of drug-likeness (QED) is 0.0373. The van der Waals surface area contributed by atoms with Crippen LogP contribution in [0.5, 0.6) is 0 Å². The lowest BCUT2D eigenvalue weighted by Gasteiger charge is -2.15. The Labute approximate surface area is 443 Å². The van der Waals surface area contributed by atoms with Crippen molar-refractivity contribution in [3.63, 3.8) is 0 Å². The predicted octanol–water partition coefficient (Wildman–Crippen LogP) is 20.0. The average Bonchev–Trinajstić information content (AvgIpc) is 3.38. The Morgan fingerprint density at radius 2 is 0.597 bits per heavy atom. The Morgan fingerprint density at radius 1 is 0.333 bits per heavy atom. The zero-order valence-corrected chi connectivity index (χ0v) is 46.1. The number of rotatable bonds is 51. The van der Waals surface area contributed by atoms with E-state index < -0.39 is 6.10 Å². The van der Waals surface area contributed by atoms with Gasteiger partial charge in [0.2, 0.25) is 0 Å². The number of ether oxygens (including phenoxy) is 2. The van der Waals surface area contributed by atoms with Gasteiger partial charge in [-0.15, -0.1) is 0 Å². The van der Waals surface area contributed by atoms with Crippen molar-refractivity contribution >= 4 is 11.9 Å². The Bertz CT molecular complexity index is 1590. The third-order valence-electron chi connectivity index (χ3n) is 11.8. The van der Waals surface area contributed by atoms with E-state index in [9.17, 15) is 14.7 Å². The van der Waals surface area contributed by atoms with Gasteiger partial charge in [0, 0.05) is 12.8 Å². The van der Waals surface area contributed by atoms with Crippen LogP contribution in [0, 0.1) is 0 Å². The standard InChI is InChI=1S/C67H106O5/c1-3-5-7-9-11-13-15-17-19-21-23-24-25-26-27-28-29-30-31-32-33-34-35-36-37-38-39-40-41-42-44-46-48-50-52-54-56-58-60-62-67(70)72-65(63-68)64-71-66(69)61-59-57-55-53-51-49-47-45-43-22-20-18-16-14-12-10-8-6-4-2/h5,7,11,13,17-20,23-24,26-27,29-30,32-33,35-36,38-39,41-42,46,48,52,54,65,68H,3-4,6,8-10,12,14-16,21-22,25,28,31,34,37,40,43-45,47,49-51,53,55-64H2,1-2H3/b7-5-,13-11-,19-17-,20-18-,24-23-,27-26-,30-29-,33-32-,36-35-,39-38-,42-41-,48-46-,54-52-. The van der Waals surface area contributed by atoms with E-state index in [-0.39, 0.29) is 31.6 Å². The molecule has 0 radical (unpaired) electrons. The van der Waals surface area contributed by atoms with Crippen LogP contribution in [0.3, 0.4) is 0 Å². The Kier molecular flexibility index (Phi) is 57.0. The highest BCUT2D eigenvalue weighted by molar-refractivity contribution is 5.70. The third-order valence-corrected chi connectivity index (χ3v) is 11.8. The molecule has 0 aromatic rings. The summed E-state index contributed by atoms with van der Waals surface area (Å²) in [5.74, 6) is -0.653. The Morgan fingerprint density at radius 3 is 0.944 bits per heavy atom. The van der Waals surface area contributed by atoms with Crippen LogP contribution in [0.2, 0.25) is 0 Å². The van der Waals surface area contributed by atoms with Gasteiger partial charge >= 0.3 is 11.9 Å². The van der Waals surface area contributed by atoms with Crippen LogP contribution in [0.4, 0.5) is 0 Å². The first-order valence-corrected chi connectivity index (χ1v) is 29.0. The number of hydrogen-bond acceptors (Lipinski definition) is 5. The molecule has 1 unspecified atom stereocenters. The molecule has 0 heterocycles. The summed E-state index contributed by atoms with van der Waals surface area (Å²) in [5, 5.41) is 9.64. The smallest absolute Gasteiger partial charge is 0.306 e. The lowest BCUT2D eigenvalue weighted by atomic mass is 10.1. The SMILES string of the molecule is CC/C=C\C/C=C\C/C=C\C/C=C\C/C=C\C/C=C\C/C=C\C/C=C\C/C=C\C/C=C\C/C=C\C/C=C\CCCCC(=O)OC(CO)COC(=O)CCCCCCCCCCC/C=C\CCCCCCCC. The van der Waals surface area contributed by atoms with Crippen molar-refractivity contribution in [1.82, 2.24) is 0 Å². The summed E-state index contributed by atoms with van der Waals surface area (Å²) >= 11 is 0. The first kappa shape index (κ1) is 67.5. The molecule has 1 N–H and O–H groups in total. The van der Waals surface area contributed by atoms with Crippen LogP contribution in [0.1, 0.15) is 232 Å². The van der Waals surface area contributed by atoms with Gasteiger partial charge in [-0.2, -0.15) is 0 Å². The Balaban J connectivity index is 3.70. The molecule has 404 valence electrons. The zero-order chi connectivity index (χ0) is 52.0. The van der Waals surface area contributed by atoms with Crippen LogP contribution >= 0.6 is 0 Å². The molecule has 0 amide bonds. The van der Waals surface area contributed by atoms with Gasteiger partial charge in [0.25, 0.3) is 0 Å². The lowest BCUT2D eigenvalue weighted by molar-refractivity contribution is -0.161. The highest BCUT2D eigenvalue weighted by Gasteiger charge is 2.16. The van der Waals surface area contributed by atoms with Crippen LogP contribution in [0.25, 0.3) is 0 Å². The fourth-order valence-corrected chi connectivity index (χ4v) is 7.47. The van der Waals surface area contributed by atoms with Crippen LogP contribution in [-0.4, -0.2) is 36.4 Å². The molecule has 5 nitrogen and oxygen atoms in total. The largest absolute Gasteiger partial charge is 0.462 e. The molecule has 0 fully saturated rings. The lowest BCUT2D eigenvalue weighted by Crippen LogP contribution is -2.28. The summed E-state index contributed by atoms with van der Waals surface area (Å²) < 4.78 is 10.7. The molecule has 0 saturated heterocycles. The minimum atomic E-state index is -0.808. The summed E-state index contributed by atoms with van der Waals surface area (Å²) in [6.07, 6.45) is 93.6. The molecule has 0 rings (SSSR count). The molecular weight excluding hydrogens is 885 g/mol. The molecule has 0 aromatic carbocycles.